The molecule has 1 aromatic carbocycles. The number of hydrogen-bond donors (Lipinski definition) is 1. The van der Waals surface area contributed by atoms with E-state index in [1.807, 2.05) is 24.3 Å². The van der Waals surface area contributed by atoms with Gasteiger partial charge in [-0.3, -0.25) is 0 Å². The van der Waals surface area contributed by atoms with E-state index in [9.17, 15) is 0 Å². The van der Waals surface area contributed by atoms with E-state index < -0.39 is 0 Å². The lowest BCUT2D eigenvalue weighted by molar-refractivity contribution is 0.256. The second-order valence-corrected chi connectivity index (χ2v) is 4.03. The van der Waals surface area contributed by atoms with Gasteiger partial charge in [-0.25, -0.2) is 0 Å². The molecule has 0 aliphatic heterocycles. The summed E-state index contributed by atoms with van der Waals surface area (Å²) in [6, 6.07) is 7.57. The summed E-state index contributed by atoms with van der Waals surface area (Å²) < 4.78 is 5.62. The summed E-state index contributed by atoms with van der Waals surface area (Å²) in [5.41, 5.74) is 1.51. The summed E-state index contributed by atoms with van der Waals surface area (Å²) >= 11 is 0. The van der Waals surface area contributed by atoms with Crippen LogP contribution >= 0.6 is 0 Å². The molecule has 0 fully saturated rings. The van der Waals surface area contributed by atoms with Gasteiger partial charge in [0.25, 0.3) is 0 Å². The second kappa shape index (κ2) is 6.16. The molecule has 0 saturated heterocycles. The molecule has 88 valence electrons. The molecule has 1 N–H and O–H groups in total. The third kappa shape index (κ3) is 3.57. The van der Waals surface area contributed by atoms with Crippen molar-refractivity contribution < 1.29 is 9.94 Å². The molecular weight excluding hydrogens is 202 g/mol. The summed E-state index contributed by atoms with van der Waals surface area (Å²) in [5.74, 6) is 1.43. The molecule has 0 bridgehead atoms. The van der Waals surface area contributed by atoms with Gasteiger partial charge in [-0.1, -0.05) is 25.4 Å². The third-order valence-electron chi connectivity index (χ3n) is 2.65. The fourth-order valence-corrected chi connectivity index (χ4v) is 1.21. The summed E-state index contributed by atoms with van der Waals surface area (Å²) in [5, 5.41) is 11.8. The lowest BCUT2D eigenvalue weighted by Gasteiger charge is -2.11. The van der Waals surface area contributed by atoms with E-state index in [1.54, 1.807) is 6.92 Å². The molecule has 1 aromatic rings. The van der Waals surface area contributed by atoms with Crippen molar-refractivity contribution in [2.45, 2.75) is 27.2 Å². The van der Waals surface area contributed by atoms with Crippen molar-refractivity contribution in [1.82, 2.24) is 0 Å². The molecule has 1 unspecified atom stereocenters. The van der Waals surface area contributed by atoms with Crippen molar-refractivity contribution in [2.24, 2.45) is 11.1 Å². The highest BCUT2D eigenvalue weighted by Gasteiger charge is 2.01. The smallest absolute Gasteiger partial charge is 0.119 e. The first-order valence-electron chi connectivity index (χ1n) is 5.59. The van der Waals surface area contributed by atoms with Crippen LogP contribution in [-0.4, -0.2) is 17.5 Å². The average molecular weight is 221 g/mol. The minimum atomic E-state index is 0.570. The fourth-order valence-electron chi connectivity index (χ4n) is 1.21. The van der Waals surface area contributed by atoms with Gasteiger partial charge in [0.2, 0.25) is 0 Å². The molecule has 0 aliphatic rings. The summed E-state index contributed by atoms with van der Waals surface area (Å²) in [4.78, 5) is 0. The zero-order chi connectivity index (χ0) is 12.0. The van der Waals surface area contributed by atoms with Crippen LogP contribution in [0.3, 0.4) is 0 Å². The van der Waals surface area contributed by atoms with Gasteiger partial charge in [0, 0.05) is 0 Å². The minimum absolute atomic E-state index is 0.570. The van der Waals surface area contributed by atoms with E-state index in [2.05, 4.69) is 19.0 Å². The Bertz CT molecular complexity index is 343. The van der Waals surface area contributed by atoms with Gasteiger partial charge in [-0.2, -0.15) is 0 Å². The Morgan fingerprint density at radius 2 is 2.00 bits per heavy atom. The molecule has 0 aliphatic carbocycles. The largest absolute Gasteiger partial charge is 0.493 e. The van der Waals surface area contributed by atoms with E-state index in [4.69, 9.17) is 9.94 Å². The van der Waals surface area contributed by atoms with Crippen LogP contribution < -0.4 is 4.74 Å². The highest BCUT2D eigenvalue weighted by atomic mass is 16.5. The molecule has 0 radical (unpaired) electrons. The zero-order valence-corrected chi connectivity index (χ0v) is 10.1. The van der Waals surface area contributed by atoms with Crippen LogP contribution in [0.1, 0.15) is 32.8 Å². The standard InChI is InChI=1S/C13H19NO2/c1-4-10(2)9-16-13-7-5-12(6-8-13)11(3)14-15/h5-8,10,15H,4,9H2,1-3H3. The molecule has 1 atom stereocenters. The minimum Gasteiger partial charge on any atom is -0.493 e. The maximum absolute atomic E-state index is 8.62. The van der Waals surface area contributed by atoms with E-state index in [1.165, 1.54) is 0 Å². The summed E-state index contributed by atoms with van der Waals surface area (Å²) in [6.45, 7) is 6.81. The number of rotatable bonds is 5. The van der Waals surface area contributed by atoms with Crippen LogP contribution in [-0.2, 0) is 0 Å². The van der Waals surface area contributed by atoms with Gasteiger partial charge >= 0.3 is 0 Å². The van der Waals surface area contributed by atoms with E-state index >= 15 is 0 Å². The number of nitrogens with zero attached hydrogens (tertiary/aromatic N) is 1. The highest BCUT2D eigenvalue weighted by Crippen LogP contribution is 2.14. The van der Waals surface area contributed by atoms with Gasteiger partial charge in [-0.15, -0.1) is 0 Å². The number of hydrogen-bond acceptors (Lipinski definition) is 3. The first-order chi connectivity index (χ1) is 7.67. The number of oxime groups is 1. The average Bonchev–Trinajstić information content (AvgIpc) is 2.35. The van der Waals surface area contributed by atoms with Crippen LogP contribution in [0, 0.1) is 5.92 Å². The van der Waals surface area contributed by atoms with Crippen molar-refractivity contribution >= 4 is 5.71 Å². The van der Waals surface area contributed by atoms with Crippen molar-refractivity contribution in [3.8, 4) is 5.75 Å². The van der Waals surface area contributed by atoms with Gasteiger partial charge in [0.15, 0.2) is 0 Å². The van der Waals surface area contributed by atoms with Crippen LogP contribution in [0.4, 0.5) is 0 Å². The van der Waals surface area contributed by atoms with E-state index in [0.717, 1.165) is 24.3 Å². The molecule has 0 amide bonds. The molecule has 0 spiro atoms. The molecule has 1 rings (SSSR count). The number of benzene rings is 1. The Morgan fingerprint density at radius 3 is 2.50 bits per heavy atom. The SMILES string of the molecule is CCC(C)COc1ccc(C(C)=NO)cc1. The first kappa shape index (κ1) is 12.6. The van der Waals surface area contributed by atoms with E-state index in [0.29, 0.717) is 11.6 Å². The Morgan fingerprint density at radius 1 is 1.38 bits per heavy atom. The van der Waals surface area contributed by atoms with Crippen LogP contribution in [0.15, 0.2) is 29.4 Å². The van der Waals surface area contributed by atoms with Crippen molar-refractivity contribution in [3.63, 3.8) is 0 Å². The second-order valence-electron chi connectivity index (χ2n) is 4.03. The van der Waals surface area contributed by atoms with Crippen LogP contribution in [0.25, 0.3) is 0 Å². The topological polar surface area (TPSA) is 41.8 Å². The Kier molecular flexibility index (Phi) is 4.83. The normalized spacial score (nSPS) is 13.6. The first-order valence-corrected chi connectivity index (χ1v) is 5.59. The molecular formula is C13H19NO2. The fraction of sp³-hybridized carbons (Fsp3) is 0.462. The lowest BCUT2D eigenvalue weighted by atomic mass is 10.1. The van der Waals surface area contributed by atoms with Gasteiger partial charge in [0.05, 0.1) is 12.3 Å². The van der Waals surface area contributed by atoms with Crippen molar-refractivity contribution in [1.29, 1.82) is 0 Å². The predicted octanol–water partition coefficient (Wildman–Crippen LogP) is 3.31. The molecule has 16 heavy (non-hydrogen) atoms. The summed E-state index contributed by atoms with van der Waals surface area (Å²) in [7, 11) is 0. The van der Waals surface area contributed by atoms with Crippen molar-refractivity contribution in [3.05, 3.63) is 29.8 Å². The van der Waals surface area contributed by atoms with Crippen LogP contribution in [0.2, 0.25) is 0 Å². The van der Waals surface area contributed by atoms with Crippen LogP contribution in [0.5, 0.6) is 5.75 Å². The van der Waals surface area contributed by atoms with Gasteiger partial charge in [0.1, 0.15) is 5.75 Å². The molecule has 0 aromatic heterocycles. The maximum atomic E-state index is 8.62. The Labute approximate surface area is 96.7 Å². The monoisotopic (exact) mass is 221 g/mol. The Hall–Kier alpha value is -1.51. The summed E-state index contributed by atoms with van der Waals surface area (Å²) in [6.07, 6.45) is 1.12. The quantitative estimate of drug-likeness (QED) is 0.471. The third-order valence-corrected chi connectivity index (χ3v) is 2.65. The van der Waals surface area contributed by atoms with Gasteiger partial charge in [-0.05, 0) is 42.7 Å². The maximum Gasteiger partial charge on any atom is 0.119 e. The molecule has 0 saturated carbocycles. The molecule has 3 nitrogen and oxygen atoms in total. The zero-order valence-electron chi connectivity index (χ0n) is 10.1. The molecule has 0 heterocycles. The van der Waals surface area contributed by atoms with Crippen molar-refractivity contribution in [2.75, 3.05) is 6.61 Å². The molecule has 3 heteroatoms. The highest BCUT2D eigenvalue weighted by molar-refractivity contribution is 5.98. The van der Waals surface area contributed by atoms with E-state index in [-0.39, 0.29) is 0 Å². The predicted molar refractivity (Wildman–Crippen MR) is 65.4 cm³/mol. The van der Waals surface area contributed by atoms with Gasteiger partial charge < -0.3 is 9.94 Å². The lowest BCUT2D eigenvalue weighted by Crippen LogP contribution is -2.07. The number of ether oxygens (including phenoxy) is 1. The Balaban J connectivity index is 2.58.